The summed E-state index contributed by atoms with van der Waals surface area (Å²) in [7, 11) is 0. The first-order chi connectivity index (χ1) is 7.98. The summed E-state index contributed by atoms with van der Waals surface area (Å²) in [5.74, 6) is -0.804. The van der Waals surface area contributed by atoms with Crippen LogP contribution in [0.25, 0.3) is 0 Å². The average Bonchev–Trinajstić information content (AvgIpc) is 2.29. The van der Waals surface area contributed by atoms with Gasteiger partial charge in [-0.15, -0.1) is 0 Å². The molecule has 1 aromatic carbocycles. The zero-order chi connectivity index (χ0) is 12.9. The molecule has 0 amide bonds. The predicted octanol–water partition coefficient (Wildman–Crippen LogP) is 2.46. The van der Waals surface area contributed by atoms with Crippen LogP contribution in [0.15, 0.2) is 30.3 Å². The van der Waals surface area contributed by atoms with Crippen LogP contribution in [0, 0.1) is 0 Å². The van der Waals surface area contributed by atoms with Crippen molar-refractivity contribution in [3.8, 4) is 0 Å². The van der Waals surface area contributed by atoms with Crippen molar-refractivity contribution in [2.24, 2.45) is 0 Å². The molecule has 94 valence electrons. The lowest BCUT2D eigenvalue weighted by atomic mass is 9.91. The van der Waals surface area contributed by atoms with Gasteiger partial charge in [-0.25, -0.2) is 0 Å². The van der Waals surface area contributed by atoms with Crippen molar-refractivity contribution >= 4 is 5.97 Å². The maximum atomic E-state index is 11.4. The highest BCUT2D eigenvalue weighted by Gasteiger charge is 2.33. The van der Waals surface area contributed by atoms with Gasteiger partial charge in [0, 0.05) is 12.5 Å². The molecule has 17 heavy (non-hydrogen) atoms. The molecule has 1 rings (SSSR count). The van der Waals surface area contributed by atoms with Crippen LogP contribution in [0.3, 0.4) is 0 Å². The second kappa shape index (κ2) is 5.82. The topological polar surface area (TPSA) is 49.3 Å². The van der Waals surface area contributed by atoms with Gasteiger partial charge in [0.05, 0.1) is 0 Å². The van der Waals surface area contributed by atoms with Gasteiger partial charge in [0.2, 0.25) is 0 Å². The standard InChI is InChI=1S/C14H21NO2/c1-4-11(2)15-14(3,13(16)17)10-12-8-6-5-7-9-12/h5-9,11,15H,4,10H2,1-3H3,(H,16,17). The summed E-state index contributed by atoms with van der Waals surface area (Å²) in [5.41, 5.74) is 0.129. The molecule has 0 fully saturated rings. The van der Waals surface area contributed by atoms with Crippen LogP contribution < -0.4 is 5.32 Å². The van der Waals surface area contributed by atoms with Crippen molar-refractivity contribution in [2.75, 3.05) is 0 Å². The van der Waals surface area contributed by atoms with E-state index in [-0.39, 0.29) is 6.04 Å². The third-order valence-electron chi connectivity index (χ3n) is 3.05. The highest BCUT2D eigenvalue weighted by atomic mass is 16.4. The maximum absolute atomic E-state index is 11.4. The van der Waals surface area contributed by atoms with Crippen LogP contribution in [0.1, 0.15) is 32.8 Å². The Bertz CT molecular complexity index is 364. The molecule has 2 atom stereocenters. The highest BCUT2D eigenvalue weighted by Crippen LogP contribution is 2.15. The zero-order valence-corrected chi connectivity index (χ0v) is 10.7. The zero-order valence-electron chi connectivity index (χ0n) is 10.7. The molecule has 0 saturated heterocycles. The van der Waals surface area contributed by atoms with E-state index in [0.717, 1.165) is 12.0 Å². The first kappa shape index (κ1) is 13.7. The van der Waals surface area contributed by atoms with E-state index in [1.807, 2.05) is 44.2 Å². The first-order valence-electron chi connectivity index (χ1n) is 6.03. The average molecular weight is 235 g/mol. The molecule has 3 heteroatoms. The molecule has 0 spiro atoms. The summed E-state index contributed by atoms with van der Waals surface area (Å²) in [5, 5.41) is 12.6. The second-order valence-electron chi connectivity index (χ2n) is 4.75. The third-order valence-corrected chi connectivity index (χ3v) is 3.05. The molecule has 0 radical (unpaired) electrons. The van der Waals surface area contributed by atoms with Gasteiger partial charge >= 0.3 is 5.97 Å². The number of carboxylic acids is 1. The molecular formula is C14H21NO2. The molecule has 0 aliphatic heterocycles. The fourth-order valence-electron chi connectivity index (χ4n) is 1.84. The number of carbonyl (C=O) groups is 1. The van der Waals surface area contributed by atoms with E-state index in [4.69, 9.17) is 0 Å². The minimum atomic E-state index is -0.906. The number of carboxylic acid groups (broad SMARTS) is 1. The number of benzene rings is 1. The van der Waals surface area contributed by atoms with Crippen molar-refractivity contribution < 1.29 is 9.90 Å². The Kier molecular flexibility index (Phi) is 4.70. The molecular weight excluding hydrogens is 214 g/mol. The lowest BCUT2D eigenvalue weighted by molar-refractivity contribution is -0.144. The van der Waals surface area contributed by atoms with Crippen LogP contribution in [0.4, 0.5) is 0 Å². The molecule has 0 bridgehead atoms. The Morgan fingerprint density at radius 2 is 2.00 bits per heavy atom. The molecule has 1 aromatic rings. The van der Waals surface area contributed by atoms with Crippen molar-refractivity contribution in [3.05, 3.63) is 35.9 Å². The third kappa shape index (κ3) is 3.86. The molecule has 0 aromatic heterocycles. The van der Waals surface area contributed by atoms with E-state index in [2.05, 4.69) is 5.32 Å². The van der Waals surface area contributed by atoms with Gasteiger partial charge in [0.1, 0.15) is 5.54 Å². The van der Waals surface area contributed by atoms with Gasteiger partial charge in [-0.3, -0.25) is 10.1 Å². The van der Waals surface area contributed by atoms with Crippen LogP contribution in [0.2, 0.25) is 0 Å². The van der Waals surface area contributed by atoms with E-state index < -0.39 is 11.5 Å². The summed E-state index contributed by atoms with van der Waals surface area (Å²) >= 11 is 0. The van der Waals surface area contributed by atoms with Gasteiger partial charge in [0.25, 0.3) is 0 Å². The monoisotopic (exact) mass is 235 g/mol. The molecule has 0 heterocycles. The van der Waals surface area contributed by atoms with Gasteiger partial charge in [-0.2, -0.15) is 0 Å². The first-order valence-corrected chi connectivity index (χ1v) is 6.03. The van der Waals surface area contributed by atoms with E-state index in [1.54, 1.807) is 6.92 Å². The smallest absolute Gasteiger partial charge is 0.323 e. The molecule has 2 unspecified atom stereocenters. The maximum Gasteiger partial charge on any atom is 0.323 e. The van der Waals surface area contributed by atoms with E-state index in [0.29, 0.717) is 6.42 Å². The van der Waals surface area contributed by atoms with E-state index >= 15 is 0 Å². The van der Waals surface area contributed by atoms with Crippen molar-refractivity contribution in [2.45, 2.75) is 45.2 Å². The fourth-order valence-corrected chi connectivity index (χ4v) is 1.84. The Balaban J connectivity index is 2.82. The SMILES string of the molecule is CCC(C)NC(C)(Cc1ccccc1)C(=O)O. The largest absolute Gasteiger partial charge is 0.480 e. The van der Waals surface area contributed by atoms with Crippen molar-refractivity contribution in [1.82, 2.24) is 5.32 Å². The summed E-state index contributed by atoms with van der Waals surface area (Å²) in [6, 6.07) is 9.91. The van der Waals surface area contributed by atoms with Gasteiger partial charge < -0.3 is 5.11 Å². The van der Waals surface area contributed by atoms with Gasteiger partial charge in [-0.1, -0.05) is 37.3 Å². The second-order valence-corrected chi connectivity index (χ2v) is 4.75. The van der Waals surface area contributed by atoms with Crippen LogP contribution in [-0.4, -0.2) is 22.7 Å². The number of rotatable bonds is 6. The highest BCUT2D eigenvalue weighted by molar-refractivity contribution is 5.78. The Hall–Kier alpha value is -1.35. The molecule has 0 aliphatic rings. The summed E-state index contributed by atoms with van der Waals surface area (Å²) in [6.07, 6.45) is 1.41. The molecule has 0 aliphatic carbocycles. The predicted molar refractivity (Wildman–Crippen MR) is 69.1 cm³/mol. The van der Waals surface area contributed by atoms with Gasteiger partial charge in [0.15, 0.2) is 0 Å². The van der Waals surface area contributed by atoms with Crippen molar-refractivity contribution in [1.29, 1.82) is 0 Å². The number of aliphatic carboxylic acids is 1. The molecule has 3 nitrogen and oxygen atoms in total. The fraction of sp³-hybridized carbons (Fsp3) is 0.500. The number of hydrogen-bond donors (Lipinski definition) is 2. The summed E-state index contributed by atoms with van der Waals surface area (Å²) in [6.45, 7) is 5.79. The number of hydrogen-bond acceptors (Lipinski definition) is 2. The van der Waals surface area contributed by atoms with E-state index in [9.17, 15) is 9.90 Å². The minimum Gasteiger partial charge on any atom is -0.480 e. The molecule has 0 saturated carbocycles. The minimum absolute atomic E-state index is 0.194. The summed E-state index contributed by atoms with van der Waals surface area (Å²) < 4.78 is 0. The molecule has 2 N–H and O–H groups in total. The van der Waals surface area contributed by atoms with Gasteiger partial charge in [-0.05, 0) is 25.8 Å². The van der Waals surface area contributed by atoms with Crippen LogP contribution >= 0.6 is 0 Å². The quantitative estimate of drug-likeness (QED) is 0.796. The number of nitrogens with one attached hydrogen (secondary N) is 1. The normalized spacial score (nSPS) is 16.2. The Morgan fingerprint density at radius 1 is 1.41 bits per heavy atom. The van der Waals surface area contributed by atoms with Crippen LogP contribution in [0.5, 0.6) is 0 Å². The van der Waals surface area contributed by atoms with Crippen molar-refractivity contribution in [3.63, 3.8) is 0 Å². The van der Waals surface area contributed by atoms with E-state index in [1.165, 1.54) is 0 Å². The summed E-state index contributed by atoms with van der Waals surface area (Å²) in [4.78, 5) is 11.4. The lowest BCUT2D eigenvalue weighted by Crippen LogP contribution is -2.54. The van der Waals surface area contributed by atoms with Crippen LogP contribution in [-0.2, 0) is 11.2 Å². The Labute approximate surface area is 103 Å². The Morgan fingerprint density at radius 3 is 2.47 bits per heavy atom. The lowest BCUT2D eigenvalue weighted by Gasteiger charge is -2.29.